The van der Waals surface area contributed by atoms with Gasteiger partial charge in [-0.2, -0.15) is 0 Å². The van der Waals surface area contributed by atoms with E-state index in [0.29, 0.717) is 16.5 Å². The number of fused-ring (bicyclic) bond motifs is 1. The molecule has 0 fully saturated rings. The Labute approximate surface area is 147 Å². The molecule has 0 saturated carbocycles. The van der Waals surface area contributed by atoms with Gasteiger partial charge in [-0.25, -0.2) is 0 Å². The number of benzene rings is 2. The fourth-order valence-electron chi connectivity index (χ4n) is 2.85. The van der Waals surface area contributed by atoms with Crippen molar-refractivity contribution >= 4 is 11.0 Å². The van der Waals surface area contributed by atoms with Gasteiger partial charge in [0, 0.05) is 6.07 Å². The van der Waals surface area contributed by atoms with Crippen LogP contribution >= 0.6 is 0 Å². The van der Waals surface area contributed by atoms with E-state index in [-0.39, 0.29) is 11.5 Å². The second-order valence-corrected chi connectivity index (χ2v) is 6.18. The molecule has 2 aromatic carbocycles. The molecule has 25 heavy (non-hydrogen) atoms. The van der Waals surface area contributed by atoms with Crippen molar-refractivity contribution in [3.05, 3.63) is 58.4 Å². The molecule has 3 rings (SSSR count). The van der Waals surface area contributed by atoms with E-state index in [1.165, 1.54) is 6.26 Å². The van der Waals surface area contributed by atoms with Crippen LogP contribution in [-0.2, 0) is 6.42 Å². The summed E-state index contributed by atoms with van der Waals surface area (Å²) in [5.74, 6) is 1.52. The summed E-state index contributed by atoms with van der Waals surface area (Å²) >= 11 is 0. The van der Waals surface area contributed by atoms with Crippen LogP contribution in [0.15, 0.2) is 51.9 Å². The van der Waals surface area contributed by atoms with Gasteiger partial charge in [0.05, 0.1) is 24.2 Å². The van der Waals surface area contributed by atoms with Crippen LogP contribution in [0.2, 0.25) is 0 Å². The third-order valence-electron chi connectivity index (χ3n) is 4.09. The summed E-state index contributed by atoms with van der Waals surface area (Å²) in [7, 11) is 1.62. The van der Waals surface area contributed by atoms with Crippen LogP contribution in [0.1, 0.15) is 26.3 Å². The van der Waals surface area contributed by atoms with Crippen LogP contribution in [0.25, 0.3) is 22.1 Å². The third-order valence-corrected chi connectivity index (χ3v) is 4.09. The van der Waals surface area contributed by atoms with Gasteiger partial charge < -0.3 is 13.9 Å². The molecule has 0 unspecified atom stereocenters. The highest BCUT2D eigenvalue weighted by molar-refractivity contribution is 5.83. The van der Waals surface area contributed by atoms with E-state index in [2.05, 4.69) is 0 Å². The predicted molar refractivity (Wildman–Crippen MR) is 99.6 cm³/mol. The van der Waals surface area contributed by atoms with Gasteiger partial charge in [0.15, 0.2) is 0 Å². The maximum Gasteiger partial charge on any atom is 0.200 e. The Morgan fingerprint density at radius 2 is 1.84 bits per heavy atom. The lowest BCUT2D eigenvalue weighted by Crippen LogP contribution is -2.07. The van der Waals surface area contributed by atoms with Crippen LogP contribution < -0.4 is 14.9 Å². The molecule has 3 aromatic rings. The number of hydrogen-bond donors (Lipinski definition) is 0. The Kier molecular flexibility index (Phi) is 4.79. The monoisotopic (exact) mass is 338 g/mol. The van der Waals surface area contributed by atoms with Gasteiger partial charge in [-0.3, -0.25) is 4.79 Å². The first kappa shape index (κ1) is 17.1. The molecule has 0 amide bonds. The summed E-state index contributed by atoms with van der Waals surface area (Å²) in [4.78, 5) is 12.9. The normalized spacial score (nSPS) is 11.1. The van der Waals surface area contributed by atoms with Crippen molar-refractivity contribution < 1.29 is 13.9 Å². The summed E-state index contributed by atoms with van der Waals surface area (Å²) in [5, 5.41) is 0.567. The number of hydrogen-bond acceptors (Lipinski definition) is 4. The Morgan fingerprint density at radius 1 is 1.12 bits per heavy atom. The highest BCUT2D eigenvalue weighted by Crippen LogP contribution is 2.27. The third kappa shape index (κ3) is 3.38. The van der Waals surface area contributed by atoms with Gasteiger partial charge in [0.2, 0.25) is 5.43 Å². The maximum atomic E-state index is 12.9. The molecule has 0 aliphatic carbocycles. The Hall–Kier alpha value is -2.75. The van der Waals surface area contributed by atoms with Crippen LogP contribution in [-0.4, -0.2) is 13.2 Å². The van der Waals surface area contributed by atoms with E-state index in [0.717, 1.165) is 29.0 Å². The van der Waals surface area contributed by atoms with Crippen molar-refractivity contribution in [2.45, 2.75) is 33.3 Å². The molecule has 0 saturated heterocycles. The van der Waals surface area contributed by atoms with E-state index >= 15 is 0 Å². The van der Waals surface area contributed by atoms with E-state index < -0.39 is 0 Å². The quantitative estimate of drug-likeness (QED) is 0.669. The first-order valence-corrected chi connectivity index (χ1v) is 8.43. The average molecular weight is 338 g/mol. The number of aryl methyl sites for hydroxylation is 1. The second-order valence-electron chi connectivity index (χ2n) is 6.18. The fourth-order valence-corrected chi connectivity index (χ4v) is 2.85. The largest absolute Gasteiger partial charge is 0.496 e. The first-order chi connectivity index (χ1) is 12.0. The summed E-state index contributed by atoms with van der Waals surface area (Å²) in [6.45, 7) is 5.99. The van der Waals surface area contributed by atoms with Crippen molar-refractivity contribution in [3.8, 4) is 22.6 Å². The van der Waals surface area contributed by atoms with Crippen molar-refractivity contribution in [3.63, 3.8) is 0 Å². The van der Waals surface area contributed by atoms with Crippen molar-refractivity contribution in [2.75, 3.05) is 7.11 Å². The van der Waals surface area contributed by atoms with Gasteiger partial charge >= 0.3 is 0 Å². The van der Waals surface area contributed by atoms with Crippen molar-refractivity contribution in [1.29, 1.82) is 0 Å². The van der Waals surface area contributed by atoms with Crippen LogP contribution in [0.3, 0.4) is 0 Å². The molecular weight excluding hydrogens is 316 g/mol. The average Bonchev–Trinajstić information content (AvgIpc) is 2.61. The van der Waals surface area contributed by atoms with Crippen LogP contribution in [0.4, 0.5) is 0 Å². The molecule has 0 radical (unpaired) electrons. The number of methoxy groups -OCH3 is 1. The Balaban J connectivity index is 2.08. The molecule has 0 bridgehead atoms. The molecule has 0 N–H and O–H groups in total. The molecule has 4 nitrogen and oxygen atoms in total. The zero-order valence-electron chi connectivity index (χ0n) is 15.0. The lowest BCUT2D eigenvalue weighted by Gasteiger charge is -2.11. The van der Waals surface area contributed by atoms with Gasteiger partial charge in [0.25, 0.3) is 0 Å². The van der Waals surface area contributed by atoms with Gasteiger partial charge in [-0.1, -0.05) is 19.1 Å². The molecule has 0 aliphatic rings. The molecule has 0 spiro atoms. The Bertz CT molecular complexity index is 937. The van der Waals surface area contributed by atoms with Crippen LogP contribution in [0.5, 0.6) is 11.5 Å². The van der Waals surface area contributed by atoms with Crippen molar-refractivity contribution in [1.82, 2.24) is 0 Å². The standard InChI is InChI=1S/C21H22O4/c1-5-14-10-17-20(11-19(14)23-4)24-12-18(21(17)22)15-6-8-16(9-7-15)25-13(2)3/h6-13H,5H2,1-4H3. The zero-order chi connectivity index (χ0) is 18.0. The summed E-state index contributed by atoms with van der Waals surface area (Å²) < 4.78 is 16.7. The number of ether oxygens (including phenoxy) is 2. The predicted octanol–water partition coefficient (Wildman–Crippen LogP) is 4.82. The van der Waals surface area contributed by atoms with E-state index in [1.54, 1.807) is 13.2 Å². The van der Waals surface area contributed by atoms with E-state index in [9.17, 15) is 4.79 Å². The highest BCUT2D eigenvalue weighted by Gasteiger charge is 2.13. The van der Waals surface area contributed by atoms with E-state index in [4.69, 9.17) is 13.9 Å². The summed E-state index contributed by atoms with van der Waals surface area (Å²) in [6.07, 6.45) is 2.40. The van der Waals surface area contributed by atoms with Crippen LogP contribution in [0, 0.1) is 0 Å². The van der Waals surface area contributed by atoms with E-state index in [1.807, 2.05) is 51.1 Å². The molecule has 1 aromatic heterocycles. The smallest absolute Gasteiger partial charge is 0.200 e. The topological polar surface area (TPSA) is 48.7 Å². The van der Waals surface area contributed by atoms with Gasteiger partial charge in [-0.05, 0) is 49.6 Å². The molecule has 0 aliphatic heterocycles. The summed E-state index contributed by atoms with van der Waals surface area (Å²) in [6, 6.07) is 11.1. The SMILES string of the molecule is CCc1cc2c(=O)c(-c3ccc(OC(C)C)cc3)coc2cc1OC. The zero-order valence-corrected chi connectivity index (χ0v) is 15.0. The first-order valence-electron chi connectivity index (χ1n) is 8.43. The maximum absolute atomic E-state index is 12.9. The lowest BCUT2D eigenvalue weighted by molar-refractivity contribution is 0.242. The second kappa shape index (κ2) is 7.01. The lowest BCUT2D eigenvalue weighted by atomic mass is 10.0. The minimum absolute atomic E-state index is 0.0452. The number of rotatable bonds is 5. The highest BCUT2D eigenvalue weighted by atomic mass is 16.5. The Morgan fingerprint density at radius 3 is 2.44 bits per heavy atom. The minimum atomic E-state index is -0.0452. The van der Waals surface area contributed by atoms with Gasteiger partial charge in [0.1, 0.15) is 23.3 Å². The molecular formula is C21H22O4. The minimum Gasteiger partial charge on any atom is -0.496 e. The molecule has 1 heterocycles. The molecule has 0 atom stereocenters. The molecule has 130 valence electrons. The van der Waals surface area contributed by atoms with Crippen molar-refractivity contribution in [2.24, 2.45) is 0 Å². The summed E-state index contributed by atoms with van der Waals surface area (Å²) in [5.41, 5.74) is 2.82. The van der Waals surface area contributed by atoms with Gasteiger partial charge in [-0.15, -0.1) is 0 Å². The molecule has 4 heteroatoms. The fraction of sp³-hybridized carbons (Fsp3) is 0.286.